The van der Waals surface area contributed by atoms with Crippen molar-refractivity contribution in [3.05, 3.63) is 12.2 Å². The standard InChI is InChI=1S/C13H21ClN2/c1-12(2,3)15-16-13(4,14)11-8-9-5-6-10(11)7-9/h5-6,9-11H,7-8H2,1-4H3. The first-order valence-corrected chi connectivity index (χ1v) is 6.47. The van der Waals surface area contributed by atoms with Gasteiger partial charge in [0.2, 0.25) is 0 Å². The van der Waals surface area contributed by atoms with E-state index in [2.05, 4.69) is 22.4 Å². The lowest BCUT2D eigenvalue weighted by Gasteiger charge is -2.29. The average molecular weight is 241 g/mol. The molecule has 2 aliphatic carbocycles. The fourth-order valence-corrected chi connectivity index (χ4v) is 3.00. The maximum Gasteiger partial charge on any atom is 0.155 e. The molecule has 3 heteroatoms. The Morgan fingerprint density at radius 3 is 2.19 bits per heavy atom. The molecule has 4 unspecified atom stereocenters. The van der Waals surface area contributed by atoms with Gasteiger partial charge >= 0.3 is 0 Å². The fraction of sp³-hybridized carbons (Fsp3) is 0.846. The molecule has 0 aromatic rings. The molecule has 0 aromatic heterocycles. The minimum Gasteiger partial charge on any atom is -0.187 e. The van der Waals surface area contributed by atoms with Crippen LogP contribution in [-0.4, -0.2) is 10.5 Å². The maximum absolute atomic E-state index is 6.55. The van der Waals surface area contributed by atoms with Crippen molar-refractivity contribution >= 4 is 11.6 Å². The summed E-state index contributed by atoms with van der Waals surface area (Å²) in [5.74, 6) is 1.81. The van der Waals surface area contributed by atoms with Gasteiger partial charge in [-0.25, -0.2) is 0 Å². The third-order valence-corrected chi connectivity index (χ3v) is 3.86. The zero-order valence-electron chi connectivity index (χ0n) is 10.6. The van der Waals surface area contributed by atoms with Gasteiger partial charge in [-0.05, 0) is 52.4 Å². The van der Waals surface area contributed by atoms with Crippen LogP contribution >= 0.6 is 11.6 Å². The zero-order chi connectivity index (χ0) is 12.0. The molecule has 0 saturated heterocycles. The van der Waals surface area contributed by atoms with E-state index < -0.39 is 5.00 Å². The summed E-state index contributed by atoms with van der Waals surface area (Å²) in [6.07, 6.45) is 7.07. The largest absolute Gasteiger partial charge is 0.187 e. The SMILES string of the molecule is CC(C)(C)N=NC(C)(Cl)C1CC2C=CC1C2. The molecule has 2 nitrogen and oxygen atoms in total. The number of azo groups is 1. The molecule has 90 valence electrons. The van der Waals surface area contributed by atoms with Gasteiger partial charge in [-0.1, -0.05) is 23.8 Å². The highest BCUT2D eigenvalue weighted by molar-refractivity contribution is 6.23. The van der Waals surface area contributed by atoms with E-state index in [1.165, 1.54) is 12.8 Å². The van der Waals surface area contributed by atoms with E-state index in [4.69, 9.17) is 11.6 Å². The number of hydrogen-bond donors (Lipinski definition) is 0. The Hall–Kier alpha value is -0.370. The van der Waals surface area contributed by atoms with Gasteiger partial charge in [0.25, 0.3) is 0 Å². The molecule has 2 aliphatic rings. The maximum atomic E-state index is 6.55. The Morgan fingerprint density at radius 2 is 1.75 bits per heavy atom. The fourth-order valence-electron chi connectivity index (χ4n) is 2.71. The third kappa shape index (κ3) is 2.48. The number of alkyl halides is 1. The molecule has 0 aliphatic heterocycles. The average Bonchev–Trinajstić information content (AvgIpc) is 2.74. The smallest absolute Gasteiger partial charge is 0.155 e. The molecule has 0 radical (unpaired) electrons. The first kappa shape index (κ1) is 12.1. The number of rotatable bonds is 2. The van der Waals surface area contributed by atoms with Gasteiger partial charge in [0.05, 0.1) is 5.54 Å². The highest BCUT2D eigenvalue weighted by Crippen LogP contribution is 2.50. The van der Waals surface area contributed by atoms with Gasteiger partial charge < -0.3 is 0 Å². The highest BCUT2D eigenvalue weighted by atomic mass is 35.5. The van der Waals surface area contributed by atoms with Gasteiger partial charge in [-0.2, -0.15) is 10.2 Å². The summed E-state index contributed by atoms with van der Waals surface area (Å²) in [7, 11) is 0. The molecule has 0 N–H and O–H groups in total. The lowest BCUT2D eigenvalue weighted by atomic mass is 9.87. The van der Waals surface area contributed by atoms with Crippen LogP contribution in [0.4, 0.5) is 0 Å². The van der Waals surface area contributed by atoms with Gasteiger partial charge in [-0.3, -0.25) is 0 Å². The lowest BCUT2D eigenvalue weighted by Crippen LogP contribution is -2.30. The van der Waals surface area contributed by atoms with Crippen LogP contribution in [0.3, 0.4) is 0 Å². The predicted molar refractivity (Wildman–Crippen MR) is 67.7 cm³/mol. The quantitative estimate of drug-likeness (QED) is 0.296. The Bertz CT molecular complexity index is 325. The molecule has 0 spiro atoms. The van der Waals surface area contributed by atoms with E-state index in [9.17, 15) is 0 Å². The second-order valence-corrected chi connectivity index (χ2v) is 7.05. The Kier molecular flexibility index (Phi) is 2.90. The van der Waals surface area contributed by atoms with Crippen LogP contribution in [0.25, 0.3) is 0 Å². The second-order valence-electron chi connectivity index (χ2n) is 6.28. The molecule has 4 atom stereocenters. The predicted octanol–water partition coefficient (Wildman–Crippen LogP) is 4.40. The Morgan fingerprint density at radius 1 is 1.06 bits per heavy atom. The molecule has 0 aromatic carbocycles. The van der Waals surface area contributed by atoms with Crippen LogP contribution in [0.2, 0.25) is 0 Å². The first-order chi connectivity index (χ1) is 7.28. The topological polar surface area (TPSA) is 24.7 Å². The normalized spacial score (nSPS) is 37.2. The third-order valence-electron chi connectivity index (χ3n) is 3.50. The number of allylic oxidation sites excluding steroid dienone is 2. The molecule has 2 rings (SSSR count). The van der Waals surface area contributed by atoms with Crippen molar-refractivity contribution in [2.45, 2.75) is 51.1 Å². The number of halogens is 1. The van der Waals surface area contributed by atoms with Crippen LogP contribution in [0, 0.1) is 17.8 Å². The van der Waals surface area contributed by atoms with Crippen molar-refractivity contribution < 1.29 is 0 Å². The summed E-state index contributed by atoms with van der Waals surface area (Å²) in [4.78, 5) is -0.530. The molecular formula is C13H21ClN2. The van der Waals surface area contributed by atoms with Crippen molar-refractivity contribution in [2.75, 3.05) is 0 Å². The van der Waals surface area contributed by atoms with E-state index in [1.54, 1.807) is 0 Å². The van der Waals surface area contributed by atoms with E-state index >= 15 is 0 Å². The molecule has 2 bridgehead atoms. The van der Waals surface area contributed by atoms with Crippen molar-refractivity contribution in [2.24, 2.45) is 28.0 Å². The first-order valence-electron chi connectivity index (χ1n) is 6.09. The molecule has 0 amide bonds. The summed E-state index contributed by atoms with van der Waals surface area (Å²) in [6, 6.07) is 0. The molecule has 1 saturated carbocycles. The summed E-state index contributed by atoms with van der Waals surface area (Å²) in [6.45, 7) is 8.14. The molecule has 1 fully saturated rings. The highest BCUT2D eigenvalue weighted by Gasteiger charge is 2.45. The van der Waals surface area contributed by atoms with Crippen LogP contribution in [0.15, 0.2) is 22.4 Å². The van der Waals surface area contributed by atoms with Crippen LogP contribution in [0.1, 0.15) is 40.5 Å². The number of fused-ring (bicyclic) bond motifs is 2. The minimum atomic E-state index is -0.530. The molecule has 0 heterocycles. The Balaban J connectivity index is 2.08. The number of hydrogen-bond acceptors (Lipinski definition) is 2. The second kappa shape index (κ2) is 3.83. The van der Waals surface area contributed by atoms with E-state index in [0.717, 1.165) is 5.92 Å². The number of nitrogens with zero attached hydrogens (tertiary/aromatic N) is 2. The van der Waals surface area contributed by atoms with Crippen LogP contribution in [-0.2, 0) is 0 Å². The van der Waals surface area contributed by atoms with Crippen molar-refractivity contribution in [1.82, 2.24) is 0 Å². The summed E-state index contributed by atoms with van der Waals surface area (Å²) in [5.41, 5.74) is -0.135. The van der Waals surface area contributed by atoms with Crippen molar-refractivity contribution in [3.63, 3.8) is 0 Å². The van der Waals surface area contributed by atoms with Gasteiger partial charge in [0, 0.05) is 5.92 Å². The summed E-state index contributed by atoms with van der Waals surface area (Å²) >= 11 is 6.55. The monoisotopic (exact) mass is 240 g/mol. The molecule has 16 heavy (non-hydrogen) atoms. The van der Waals surface area contributed by atoms with E-state index in [1.807, 2.05) is 27.7 Å². The van der Waals surface area contributed by atoms with E-state index in [0.29, 0.717) is 11.8 Å². The summed E-state index contributed by atoms with van der Waals surface area (Å²) in [5, 5.41) is 8.71. The van der Waals surface area contributed by atoms with Gasteiger partial charge in [0.1, 0.15) is 0 Å². The van der Waals surface area contributed by atoms with Crippen LogP contribution in [0.5, 0.6) is 0 Å². The van der Waals surface area contributed by atoms with E-state index in [-0.39, 0.29) is 5.54 Å². The minimum absolute atomic E-state index is 0.135. The summed E-state index contributed by atoms with van der Waals surface area (Å²) < 4.78 is 0. The Labute approximate surface area is 103 Å². The molecular weight excluding hydrogens is 220 g/mol. The van der Waals surface area contributed by atoms with Crippen molar-refractivity contribution in [1.29, 1.82) is 0 Å². The van der Waals surface area contributed by atoms with Gasteiger partial charge in [-0.15, -0.1) is 0 Å². The lowest BCUT2D eigenvalue weighted by molar-refractivity contribution is 0.325. The van der Waals surface area contributed by atoms with Crippen molar-refractivity contribution in [3.8, 4) is 0 Å². The zero-order valence-corrected chi connectivity index (χ0v) is 11.3. The van der Waals surface area contributed by atoms with Crippen LogP contribution < -0.4 is 0 Å². The van der Waals surface area contributed by atoms with Gasteiger partial charge in [0.15, 0.2) is 5.00 Å².